The van der Waals surface area contributed by atoms with Crippen molar-refractivity contribution in [3.63, 3.8) is 0 Å². The third-order valence-electron chi connectivity index (χ3n) is 3.86. The summed E-state index contributed by atoms with van der Waals surface area (Å²) in [4.78, 5) is 22.4. The molecule has 0 spiro atoms. The Hall–Kier alpha value is -1.59. The highest BCUT2D eigenvalue weighted by atomic mass is 127. The van der Waals surface area contributed by atoms with Crippen LogP contribution in [0.25, 0.3) is 0 Å². The Labute approximate surface area is 172 Å². The summed E-state index contributed by atoms with van der Waals surface area (Å²) in [5.41, 5.74) is -0.481. The van der Waals surface area contributed by atoms with Gasteiger partial charge >= 0.3 is 6.09 Å². The van der Waals surface area contributed by atoms with Crippen LogP contribution < -0.4 is 10.6 Å². The zero-order valence-electron chi connectivity index (χ0n) is 16.2. The fourth-order valence-corrected chi connectivity index (χ4v) is 2.62. The minimum absolute atomic E-state index is 0. The van der Waals surface area contributed by atoms with Crippen molar-refractivity contribution in [1.29, 1.82) is 0 Å². The Balaban J connectivity index is 0.00000338. The van der Waals surface area contributed by atoms with Crippen molar-refractivity contribution in [2.24, 2.45) is 12.0 Å². The Kier molecular flexibility index (Phi) is 8.57. The van der Waals surface area contributed by atoms with E-state index < -0.39 is 5.60 Å². The molecule has 9 nitrogen and oxygen atoms in total. The van der Waals surface area contributed by atoms with Crippen LogP contribution in [-0.2, 0) is 18.3 Å². The largest absolute Gasteiger partial charge is 0.444 e. The standard InChI is InChI=1S/C16H29N7O2.HI/c1-16(2,3)25-15(24)23-8-6-7-12(10-23)21-14(17-4)18-9-13-19-11-20-22(13)5;/h11-12H,6-10H2,1-5H3,(H2,17,18,21);1H. The van der Waals surface area contributed by atoms with Gasteiger partial charge in [0.15, 0.2) is 5.96 Å². The van der Waals surface area contributed by atoms with Crippen LogP contribution >= 0.6 is 24.0 Å². The van der Waals surface area contributed by atoms with Crippen LogP contribution in [0, 0.1) is 0 Å². The quantitative estimate of drug-likeness (QED) is 0.388. The molecule has 0 radical (unpaired) electrons. The van der Waals surface area contributed by atoms with Crippen molar-refractivity contribution in [3.8, 4) is 0 Å². The van der Waals surface area contributed by atoms with E-state index in [-0.39, 0.29) is 36.1 Å². The molecule has 2 heterocycles. The summed E-state index contributed by atoms with van der Waals surface area (Å²) in [6, 6.07) is 0.131. The number of piperidine rings is 1. The minimum atomic E-state index is -0.481. The Morgan fingerprint density at radius 2 is 2.19 bits per heavy atom. The summed E-state index contributed by atoms with van der Waals surface area (Å²) in [5.74, 6) is 1.50. The van der Waals surface area contributed by atoms with Gasteiger partial charge < -0.3 is 20.3 Å². The molecule has 1 saturated heterocycles. The number of carbonyl (C=O) groups excluding carboxylic acids is 1. The van der Waals surface area contributed by atoms with Crippen molar-refractivity contribution in [2.45, 2.75) is 51.8 Å². The molecule has 1 atom stereocenters. The molecule has 1 unspecified atom stereocenters. The maximum atomic E-state index is 12.2. The minimum Gasteiger partial charge on any atom is -0.444 e. The van der Waals surface area contributed by atoms with Crippen LogP contribution in [0.1, 0.15) is 39.4 Å². The van der Waals surface area contributed by atoms with Gasteiger partial charge in [0.1, 0.15) is 17.8 Å². The van der Waals surface area contributed by atoms with Crippen LogP contribution in [0.2, 0.25) is 0 Å². The van der Waals surface area contributed by atoms with E-state index in [0.717, 1.165) is 25.2 Å². The van der Waals surface area contributed by atoms with E-state index in [2.05, 4.69) is 25.7 Å². The zero-order valence-corrected chi connectivity index (χ0v) is 18.5. The average molecular weight is 479 g/mol. The van der Waals surface area contributed by atoms with Gasteiger partial charge in [0, 0.05) is 33.2 Å². The normalized spacial score (nSPS) is 18.1. The number of rotatable bonds is 3. The predicted octanol–water partition coefficient (Wildman–Crippen LogP) is 1.50. The number of nitrogens with one attached hydrogen (secondary N) is 2. The monoisotopic (exact) mass is 479 g/mol. The summed E-state index contributed by atoms with van der Waals surface area (Å²) in [5, 5.41) is 10.6. The van der Waals surface area contributed by atoms with Gasteiger partial charge in [-0.2, -0.15) is 5.10 Å². The average Bonchev–Trinajstić information content (AvgIpc) is 2.95. The van der Waals surface area contributed by atoms with E-state index >= 15 is 0 Å². The molecule has 26 heavy (non-hydrogen) atoms. The van der Waals surface area contributed by atoms with Crippen LogP contribution in [0.3, 0.4) is 0 Å². The van der Waals surface area contributed by atoms with E-state index in [1.807, 2.05) is 27.8 Å². The number of guanidine groups is 1. The summed E-state index contributed by atoms with van der Waals surface area (Å²) in [6.45, 7) is 7.48. The van der Waals surface area contributed by atoms with Crippen molar-refractivity contribution in [1.82, 2.24) is 30.3 Å². The number of hydrogen-bond donors (Lipinski definition) is 2. The second-order valence-electron chi connectivity index (χ2n) is 7.14. The first-order valence-corrected chi connectivity index (χ1v) is 8.56. The number of aryl methyl sites for hydroxylation is 1. The number of likely N-dealkylation sites (tertiary alicyclic amines) is 1. The molecule has 1 aromatic rings. The third kappa shape index (κ3) is 6.96. The van der Waals surface area contributed by atoms with Crippen molar-refractivity contribution < 1.29 is 9.53 Å². The number of hydrogen-bond acceptors (Lipinski definition) is 5. The molecule has 0 saturated carbocycles. The van der Waals surface area contributed by atoms with E-state index in [1.54, 1.807) is 16.6 Å². The molecular formula is C16H30IN7O2. The van der Waals surface area contributed by atoms with Gasteiger partial charge in [0.2, 0.25) is 0 Å². The highest BCUT2D eigenvalue weighted by Crippen LogP contribution is 2.15. The SMILES string of the molecule is CN=C(NCc1ncnn1C)NC1CCCN(C(=O)OC(C)(C)C)C1.I. The molecular weight excluding hydrogens is 449 g/mol. The molecule has 1 amide bonds. The number of nitrogens with zero attached hydrogens (tertiary/aromatic N) is 5. The molecule has 1 aliphatic heterocycles. The molecule has 2 rings (SSSR count). The smallest absolute Gasteiger partial charge is 0.410 e. The molecule has 1 aromatic heterocycles. The zero-order chi connectivity index (χ0) is 18.4. The van der Waals surface area contributed by atoms with Gasteiger partial charge in [0.25, 0.3) is 0 Å². The van der Waals surface area contributed by atoms with Gasteiger partial charge in [-0.3, -0.25) is 9.67 Å². The van der Waals surface area contributed by atoms with Gasteiger partial charge in [-0.05, 0) is 33.6 Å². The molecule has 0 aromatic carbocycles. The first-order chi connectivity index (χ1) is 11.8. The van der Waals surface area contributed by atoms with Crippen molar-refractivity contribution in [2.75, 3.05) is 20.1 Å². The third-order valence-corrected chi connectivity index (χ3v) is 3.86. The lowest BCUT2D eigenvalue weighted by molar-refractivity contribution is 0.0193. The fourth-order valence-electron chi connectivity index (χ4n) is 2.62. The van der Waals surface area contributed by atoms with Crippen LogP contribution in [0.5, 0.6) is 0 Å². The van der Waals surface area contributed by atoms with E-state index in [1.165, 1.54) is 6.33 Å². The lowest BCUT2D eigenvalue weighted by Crippen LogP contribution is -2.53. The summed E-state index contributed by atoms with van der Waals surface area (Å²) >= 11 is 0. The molecule has 2 N–H and O–H groups in total. The number of ether oxygens (including phenoxy) is 1. The second-order valence-corrected chi connectivity index (χ2v) is 7.14. The van der Waals surface area contributed by atoms with Gasteiger partial charge in [-0.1, -0.05) is 0 Å². The first-order valence-electron chi connectivity index (χ1n) is 8.56. The number of aliphatic imine (C=N–C) groups is 1. The molecule has 1 aliphatic rings. The van der Waals surface area contributed by atoms with Gasteiger partial charge in [0.05, 0.1) is 6.54 Å². The molecule has 148 valence electrons. The predicted molar refractivity (Wildman–Crippen MR) is 111 cm³/mol. The number of carbonyl (C=O) groups is 1. The topological polar surface area (TPSA) is 96.7 Å². The van der Waals surface area contributed by atoms with Gasteiger partial charge in [-0.25, -0.2) is 9.78 Å². The Morgan fingerprint density at radius 3 is 2.77 bits per heavy atom. The maximum absolute atomic E-state index is 12.2. The Morgan fingerprint density at radius 1 is 1.46 bits per heavy atom. The number of aromatic nitrogens is 3. The second kappa shape index (κ2) is 9.93. The van der Waals surface area contributed by atoms with Crippen LogP contribution in [0.15, 0.2) is 11.3 Å². The summed E-state index contributed by atoms with van der Waals surface area (Å²) in [6.07, 6.45) is 3.16. The molecule has 1 fully saturated rings. The lowest BCUT2D eigenvalue weighted by atomic mass is 10.1. The summed E-state index contributed by atoms with van der Waals surface area (Å²) < 4.78 is 7.18. The summed E-state index contributed by atoms with van der Waals surface area (Å²) in [7, 11) is 3.57. The van der Waals surface area contributed by atoms with Crippen LogP contribution in [0.4, 0.5) is 4.79 Å². The highest BCUT2D eigenvalue weighted by molar-refractivity contribution is 14.0. The first kappa shape index (κ1) is 22.5. The molecule has 0 bridgehead atoms. The molecule has 10 heteroatoms. The maximum Gasteiger partial charge on any atom is 0.410 e. The number of amides is 1. The van der Waals surface area contributed by atoms with E-state index in [9.17, 15) is 4.79 Å². The lowest BCUT2D eigenvalue weighted by Gasteiger charge is -2.35. The number of halogens is 1. The van der Waals surface area contributed by atoms with E-state index in [4.69, 9.17) is 4.74 Å². The van der Waals surface area contributed by atoms with E-state index in [0.29, 0.717) is 19.0 Å². The fraction of sp³-hybridized carbons (Fsp3) is 0.750. The highest BCUT2D eigenvalue weighted by Gasteiger charge is 2.28. The van der Waals surface area contributed by atoms with Crippen molar-refractivity contribution in [3.05, 3.63) is 12.2 Å². The Bertz CT molecular complexity index is 612. The molecule has 0 aliphatic carbocycles. The van der Waals surface area contributed by atoms with Crippen molar-refractivity contribution >= 4 is 36.0 Å². The van der Waals surface area contributed by atoms with Crippen LogP contribution in [-0.4, -0.2) is 63.5 Å². The van der Waals surface area contributed by atoms with Gasteiger partial charge in [-0.15, -0.1) is 24.0 Å².